The minimum Gasteiger partial charge on any atom is -0.364 e. The van der Waals surface area contributed by atoms with Crippen LogP contribution < -0.4 is 5.73 Å². The molecule has 6 heteroatoms. The number of carbonyl (C=O) groups excluding carboxylic acids is 2. The van der Waals surface area contributed by atoms with E-state index in [1.165, 1.54) is 23.9 Å². The molecule has 6 nitrogen and oxygen atoms in total. The van der Waals surface area contributed by atoms with Crippen molar-refractivity contribution in [2.75, 3.05) is 0 Å². The third kappa shape index (κ3) is 2.20. The Hall–Kier alpha value is -2.50. The van der Waals surface area contributed by atoms with Crippen LogP contribution in [0.5, 0.6) is 0 Å². The van der Waals surface area contributed by atoms with Crippen molar-refractivity contribution in [3.63, 3.8) is 0 Å². The van der Waals surface area contributed by atoms with Gasteiger partial charge in [-0.3, -0.25) is 14.6 Å². The lowest BCUT2D eigenvalue weighted by Gasteiger charge is -2.01. The molecule has 0 aromatic carbocycles. The second-order valence-corrected chi connectivity index (χ2v) is 3.47. The van der Waals surface area contributed by atoms with Crippen LogP contribution in [0.4, 0.5) is 0 Å². The van der Waals surface area contributed by atoms with Crippen LogP contribution in [0.1, 0.15) is 27.9 Å². The maximum atomic E-state index is 11.0. The summed E-state index contributed by atoms with van der Waals surface area (Å²) in [5.41, 5.74) is 6.32. The second kappa shape index (κ2) is 4.17. The van der Waals surface area contributed by atoms with Crippen molar-refractivity contribution in [1.29, 1.82) is 0 Å². The number of hydrogen-bond acceptors (Lipinski definition) is 4. The number of nitrogens with zero attached hydrogens (tertiary/aromatic N) is 3. The SMILES string of the molecule is CC(=O)c1ccc(-n2ccc(C(N)=O)n2)cn1. The van der Waals surface area contributed by atoms with Crippen LogP contribution in [-0.2, 0) is 0 Å². The summed E-state index contributed by atoms with van der Waals surface area (Å²) >= 11 is 0. The topological polar surface area (TPSA) is 90.9 Å². The lowest BCUT2D eigenvalue weighted by Crippen LogP contribution is -2.12. The summed E-state index contributed by atoms with van der Waals surface area (Å²) in [6, 6.07) is 4.81. The Kier molecular flexibility index (Phi) is 2.70. The van der Waals surface area contributed by atoms with Crippen molar-refractivity contribution < 1.29 is 9.59 Å². The number of hydrogen-bond donors (Lipinski definition) is 1. The van der Waals surface area contributed by atoms with Gasteiger partial charge < -0.3 is 5.73 Å². The quantitative estimate of drug-likeness (QED) is 0.780. The van der Waals surface area contributed by atoms with Gasteiger partial charge in [-0.2, -0.15) is 5.10 Å². The Morgan fingerprint density at radius 2 is 2.00 bits per heavy atom. The van der Waals surface area contributed by atoms with E-state index in [0.29, 0.717) is 11.4 Å². The number of carbonyl (C=O) groups is 2. The van der Waals surface area contributed by atoms with E-state index in [1.54, 1.807) is 18.3 Å². The summed E-state index contributed by atoms with van der Waals surface area (Å²) < 4.78 is 1.47. The van der Waals surface area contributed by atoms with E-state index < -0.39 is 5.91 Å². The van der Waals surface area contributed by atoms with Crippen molar-refractivity contribution in [3.05, 3.63) is 42.0 Å². The molecule has 0 aliphatic heterocycles. The number of amides is 1. The smallest absolute Gasteiger partial charge is 0.269 e. The molecule has 0 fully saturated rings. The molecule has 0 unspecified atom stereocenters. The van der Waals surface area contributed by atoms with E-state index in [0.717, 1.165) is 0 Å². The number of rotatable bonds is 3. The maximum absolute atomic E-state index is 11.0. The van der Waals surface area contributed by atoms with Gasteiger partial charge in [0.15, 0.2) is 5.78 Å². The molecule has 2 rings (SSSR count). The van der Waals surface area contributed by atoms with Crippen LogP contribution in [0.2, 0.25) is 0 Å². The molecule has 17 heavy (non-hydrogen) atoms. The minimum absolute atomic E-state index is 0.102. The van der Waals surface area contributed by atoms with Crippen LogP contribution >= 0.6 is 0 Å². The van der Waals surface area contributed by atoms with E-state index in [1.807, 2.05) is 0 Å². The van der Waals surface area contributed by atoms with E-state index in [9.17, 15) is 9.59 Å². The highest BCUT2D eigenvalue weighted by molar-refractivity contribution is 5.92. The molecule has 0 saturated heterocycles. The highest BCUT2D eigenvalue weighted by Crippen LogP contribution is 2.07. The summed E-state index contributed by atoms with van der Waals surface area (Å²) in [7, 11) is 0. The predicted molar refractivity (Wildman–Crippen MR) is 59.9 cm³/mol. The van der Waals surface area contributed by atoms with Gasteiger partial charge in [-0.15, -0.1) is 0 Å². The molecular formula is C11H10N4O2. The number of ketones is 1. The van der Waals surface area contributed by atoms with Crippen molar-refractivity contribution in [3.8, 4) is 5.69 Å². The normalized spacial score (nSPS) is 10.2. The first kappa shape index (κ1) is 11.0. The van der Waals surface area contributed by atoms with Crippen molar-refractivity contribution in [2.24, 2.45) is 5.73 Å². The molecule has 0 radical (unpaired) electrons. The molecule has 1 amide bonds. The van der Waals surface area contributed by atoms with Gasteiger partial charge in [0, 0.05) is 13.1 Å². The van der Waals surface area contributed by atoms with Crippen LogP contribution in [0.25, 0.3) is 5.69 Å². The number of aromatic nitrogens is 3. The largest absolute Gasteiger partial charge is 0.364 e. The average Bonchev–Trinajstić information content (AvgIpc) is 2.78. The Morgan fingerprint density at radius 1 is 1.24 bits per heavy atom. The van der Waals surface area contributed by atoms with Crippen LogP contribution in [0.15, 0.2) is 30.6 Å². The van der Waals surface area contributed by atoms with Crippen LogP contribution in [0.3, 0.4) is 0 Å². The first-order valence-corrected chi connectivity index (χ1v) is 4.91. The van der Waals surface area contributed by atoms with Crippen molar-refractivity contribution >= 4 is 11.7 Å². The van der Waals surface area contributed by atoms with Gasteiger partial charge >= 0.3 is 0 Å². The highest BCUT2D eigenvalue weighted by atomic mass is 16.1. The summed E-state index contributed by atoms with van der Waals surface area (Å²) in [6.45, 7) is 1.45. The minimum atomic E-state index is -0.586. The number of nitrogens with two attached hydrogens (primary N) is 1. The Bertz CT molecular complexity index is 571. The van der Waals surface area contributed by atoms with E-state index in [2.05, 4.69) is 10.1 Å². The fraction of sp³-hybridized carbons (Fsp3) is 0.0909. The van der Waals surface area contributed by atoms with Gasteiger partial charge in [0.05, 0.1) is 11.9 Å². The molecule has 2 aromatic heterocycles. The zero-order valence-electron chi connectivity index (χ0n) is 9.12. The summed E-state index contributed by atoms with van der Waals surface area (Å²) in [5.74, 6) is -0.688. The average molecular weight is 230 g/mol. The van der Waals surface area contributed by atoms with Crippen LogP contribution in [0, 0.1) is 0 Å². The summed E-state index contributed by atoms with van der Waals surface area (Å²) in [6.07, 6.45) is 3.11. The van der Waals surface area contributed by atoms with E-state index in [4.69, 9.17) is 5.73 Å². The van der Waals surface area contributed by atoms with E-state index in [-0.39, 0.29) is 11.5 Å². The van der Waals surface area contributed by atoms with Gasteiger partial charge in [-0.1, -0.05) is 0 Å². The molecular weight excluding hydrogens is 220 g/mol. The van der Waals surface area contributed by atoms with Gasteiger partial charge in [0.25, 0.3) is 5.91 Å². The van der Waals surface area contributed by atoms with Crippen LogP contribution in [-0.4, -0.2) is 26.5 Å². The third-order valence-corrected chi connectivity index (χ3v) is 2.21. The molecule has 2 heterocycles. The summed E-state index contributed by atoms with van der Waals surface area (Å²) in [5, 5.41) is 3.97. The molecule has 2 N–H and O–H groups in total. The molecule has 86 valence electrons. The first-order valence-electron chi connectivity index (χ1n) is 4.91. The molecule has 0 saturated carbocycles. The molecule has 0 atom stereocenters. The van der Waals surface area contributed by atoms with Gasteiger partial charge in [-0.25, -0.2) is 4.68 Å². The van der Waals surface area contributed by atoms with Crippen molar-refractivity contribution in [2.45, 2.75) is 6.92 Å². The molecule has 0 aliphatic carbocycles. The van der Waals surface area contributed by atoms with E-state index >= 15 is 0 Å². The van der Waals surface area contributed by atoms with Gasteiger partial charge in [-0.05, 0) is 18.2 Å². The van der Waals surface area contributed by atoms with Gasteiger partial charge in [0.1, 0.15) is 11.4 Å². The highest BCUT2D eigenvalue weighted by Gasteiger charge is 2.06. The fourth-order valence-corrected chi connectivity index (χ4v) is 1.33. The predicted octanol–water partition coefficient (Wildman–Crippen LogP) is 0.569. The third-order valence-electron chi connectivity index (χ3n) is 2.21. The Balaban J connectivity index is 2.33. The molecule has 0 bridgehead atoms. The lowest BCUT2D eigenvalue weighted by molar-refractivity contribution is 0.0991. The zero-order chi connectivity index (χ0) is 12.4. The second-order valence-electron chi connectivity index (χ2n) is 3.47. The Morgan fingerprint density at radius 3 is 2.47 bits per heavy atom. The number of Topliss-reactive ketones (excluding diaryl/α,β-unsaturated/α-hetero) is 1. The molecule has 2 aromatic rings. The van der Waals surface area contributed by atoms with Gasteiger partial charge in [0.2, 0.25) is 0 Å². The molecule has 0 spiro atoms. The maximum Gasteiger partial charge on any atom is 0.269 e. The number of primary amides is 1. The Labute approximate surface area is 97.1 Å². The standard InChI is InChI=1S/C11H10N4O2/c1-7(16)9-3-2-8(6-13-9)15-5-4-10(14-15)11(12)17/h2-6H,1H3,(H2,12,17). The van der Waals surface area contributed by atoms with Crippen molar-refractivity contribution in [1.82, 2.24) is 14.8 Å². The zero-order valence-corrected chi connectivity index (χ0v) is 9.12. The fourth-order valence-electron chi connectivity index (χ4n) is 1.33. The monoisotopic (exact) mass is 230 g/mol. The summed E-state index contributed by atoms with van der Waals surface area (Å²) in [4.78, 5) is 25.9. The first-order chi connectivity index (χ1) is 8.08. The number of pyridine rings is 1. The lowest BCUT2D eigenvalue weighted by atomic mass is 10.2. The molecule has 0 aliphatic rings.